The summed E-state index contributed by atoms with van der Waals surface area (Å²) in [6, 6.07) is 18.6. The van der Waals surface area contributed by atoms with Crippen molar-refractivity contribution >= 4 is 27.5 Å². The molecular formula is C34H42FN3O4S. The number of rotatable bonds is 12. The number of nitrogens with zero attached hydrogens (tertiary/aromatic N) is 2. The second-order valence-corrected chi connectivity index (χ2v) is 13.5. The van der Waals surface area contributed by atoms with Crippen molar-refractivity contribution in [2.75, 3.05) is 10.8 Å². The van der Waals surface area contributed by atoms with Crippen LogP contribution >= 0.6 is 0 Å². The van der Waals surface area contributed by atoms with Gasteiger partial charge in [0.1, 0.15) is 18.4 Å². The molecule has 43 heavy (non-hydrogen) atoms. The van der Waals surface area contributed by atoms with E-state index in [1.165, 1.54) is 29.2 Å². The highest BCUT2D eigenvalue weighted by Crippen LogP contribution is 2.27. The van der Waals surface area contributed by atoms with E-state index >= 15 is 0 Å². The van der Waals surface area contributed by atoms with Gasteiger partial charge in [0.15, 0.2) is 0 Å². The number of anilines is 1. The molecular weight excluding hydrogens is 565 g/mol. The molecule has 7 nitrogen and oxygen atoms in total. The average Bonchev–Trinajstić information content (AvgIpc) is 3.50. The summed E-state index contributed by atoms with van der Waals surface area (Å²) in [5.74, 6) is -0.957. The number of carbonyl (C=O) groups excluding carboxylic acids is 2. The van der Waals surface area contributed by atoms with Gasteiger partial charge in [-0.25, -0.2) is 12.8 Å². The summed E-state index contributed by atoms with van der Waals surface area (Å²) in [6.07, 6.45) is 4.20. The Bertz CT molecular complexity index is 1480. The Morgan fingerprint density at radius 2 is 1.53 bits per heavy atom. The summed E-state index contributed by atoms with van der Waals surface area (Å²) < 4.78 is 42.9. The van der Waals surface area contributed by atoms with Gasteiger partial charge < -0.3 is 10.2 Å². The van der Waals surface area contributed by atoms with Crippen molar-refractivity contribution in [3.63, 3.8) is 0 Å². The molecule has 230 valence electrons. The molecule has 0 radical (unpaired) electrons. The molecule has 0 aliphatic heterocycles. The second-order valence-electron chi connectivity index (χ2n) is 11.6. The number of nitrogens with one attached hydrogen (secondary N) is 1. The molecule has 4 rings (SSSR count). The summed E-state index contributed by atoms with van der Waals surface area (Å²) in [7, 11) is -4.15. The topological polar surface area (TPSA) is 86.8 Å². The summed E-state index contributed by atoms with van der Waals surface area (Å²) in [4.78, 5) is 29.2. The Morgan fingerprint density at radius 3 is 2.09 bits per heavy atom. The highest BCUT2D eigenvalue weighted by Gasteiger charge is 2.34. The first kappa shape index (κ1) is 32.2. The van der Waals surface area contributed by atoms with Crippen molar-refractivity contribution in [1.82, 2.24) is 10.2 Å². The lowest BCUT2D eigenvalue weighted by molar-refractivity contribution is -0.140. The maximum atomic E-state index is 14.2. The van der Waals surface area contributed by atoms with E-state index in [1.54, 1.807) is 36.4 Å². The molecule has 9 heteroatoms. The Kier molecular flexibility index (Phi) is 10.6. The van der Waals surface area contributed by atoms with Crippen molar-refractivity contribution in [2.45, 2.75) is 89.2 Å². The number of hydrogen-bond donors (Lipinski definition) is 1. The first-order chi connectivity index (χ1) is 20.5. The zero-order chi connectivity index (χ0) is 31.1. The van der Waals surface area contributed by atoms with Crippen LogP contribution in [0.4, 0.5) is 10.1 Å². The predicted octanol–water partition coefficient (Wildman–Crippen LogP) is 6.32. The molecule has 0 saturated heterocycles. The van der Waals surface area contributed by atoms with Gasteiger partial charge in [-0.2, -0.15) is 0 Å². The molecule has 0 heterocycles. The van der Waals surface area contributed by atoms with Crippen molar-refractivity contribution in [1.29, 1.82) is 0 Å². The van der Waals surface area contributed by atoms with E-state index in [2.05, 4.69) is 5.32 Å². The predicted molar refractivity (Wildman–Crippen MR) is 168 cm³/mol. The van der Waals surface area contributed by atoms with Crippen LogP contribution in [0.2, 0.25) is 0 Å². The van der Waals surface area contributed by atoms with Crippen LogP contribution in [0, 0.1) is 12.7 Å². The third kappa shape index (κ3) is 8.02. The molecule has 1 fully saturated rings. The first-order valence-corrected chi connectivity index (χ1v) is 16.5. The molecule has 0 aromatic heterocycles. The number of sulfonamides is 1. The van der Waals surface area contributed by atoms with Crippen LogP contribution < -0.4 is 9.62 Å². The van der Waals surface area contributed by atoms with E-state index in [4.69, 9.17) is 0 Å². The van der Waals surface area contributed by atoms with Gasteiger partial charge in [-0.05, 0) is 79.6 Å². The molecule has 0 bridgehead atoms. The molecule has 1 aliphatic rings. The summed E-state index contributed by atoms with van der Waals surface area (Å²) >= 11 is 0. The minimum atomic E-state index is -4.15. The van der Waals surface area contributed by atoms with Crippen LogP contribution in [0.5, 0.6) is 0 Å². The van der Waals surface area contributed by atoms with Gasteiger partial charge in [0.25, 0.3) is 10.0 Å². The monoisotopic (exact) mass is 607 g/mol. The molecule has 1 N–H and O–H groups in total. The highest BCUT2D eigenvalue weighted by molar-refractivity contribution is 7.92. The first-order valence-electron chi connectivity index (χ1n) is 15.0. The lowest BCUT2D eigenvalue weighted by Crippen LogP contribution is -2.53. The van der Waals surface area contributed by atoms with Crippen LogP contribution in [0.15, 0.2) is 77.7 Å². The van der Waals surface area contributed by atoms with Gasteiger partial charge in [-0.1, -0.05) is 75.6 Å². The molecule has 1 saturated carbocycles. The molecule has 0 spiro atoms. The largest absolute Gasteiger partial charge is 0.352 e. The fraction of sp³-hybridized carbons (Fsp3) is 0.412. The zero-order valence-electron chi connectivity index (χ0n) is 25.4. The van der Waals surface area contributed by atoms with Crippen LogP contribution in [-0.2, 0) is 26.2 Å². The summed E-state index contributed by atoms with van der Waals surface area (Å²) in [5.41, 5.74) is 2.93. The Labute approximate surface area is 255 Å². The Morgan fingerprint density at radius 1 is 0.930 bits per heavy atom. The molecule has 3 aromatic carbocycles. The molecule has 1 atom stereocenters. The van der Waals surface area contributed by atoms with Gasteiger partial charge in [0.05, 0.1) is 10.6 Å². The van der Waals surface area contributed by atoms with E-state index in [1.807, 2.05) is 39.8 Å². The second kappa shape index (κ2) is 14.2. The van der Waals surface area contributed by atoms with Gasteiger partial charge in [0.2, 0.25) is 11.8 Å². The maximum Gasteiger partial charge on any atom is 0.264 e. The third-order valence-corrected chi connectivity index (χ3v) is 9.88. The number of benzene rings is 3. The van der Waals surface area contributed by atoms with E-state index in [0.717, 1.165) is 41.1 Å². The fourth-order valence-electron chi connectivity index (χ4n) is 5.47. The quantitative estimate of drug-likeness (QED) is 0.261. The summed E-state index contributed by atoms with van der Waals surface area (Å²) in [5, 5.41) is 3.10. The van der Waals surface area contributed by atoms with E-state index in [0.29, 0.717) is 17.7 Å². The Hall–Kier alpha value is -3.72. The number of amides is 2. The average molecular weight is 608 g/mol. The number of aryl methyl sites for hydroxylation is 1. The molecule has 1 aliphatic carbocycles. The molecule has 2 amide bonds. The van der Waals surface area contributed by atoms with Crippen molar-refractivity contribution in [3.8, 4) is 0 Å². The van der Waals surface area contributed by atoms with Gasteiger partial charge in [0, 0.05) is 12.6 Å². The summed E-state index contributed by atoms with van der Waals surface area (Å²) in [6.45, 7) is 7.32. The Balaban J connectivity index is 1.72. The molecule has 1 unspecified atom stereocenters. The third-order valence-electron chi connectivity index (χ3n) is 8.09. The SMILES string of the molecule is CCC(C(=O)NC1CCCC1)N(Cc1ccc(F)cc1)C(=O)CN(c1ccc(C(C)C)cc1)S(=O)(=O)c1ccc(C)cc1. The number of hydrogen-bond acceptors (Lipinski definition) is 4. The minimum Gasteiger partial charge on any atom is -0.352 e. The van der Waals surface area contributed by atoms with Crippen LogP contribution in [0.25, 0.3) is 0 Å². The van der Waals surface area contributed by atoms with Crippen molar-refractivity contribution in [3.05, 3.63) is 95.3 Å². The minimum absolute atomic E-state index is 0.0282. The zero-order valence-corrected chi connectivity index (χ0v) is 26.2. The van der Waals surface area contributed by atoms with E-state index < -0.39 is 34.3 Å². The lowest BCUT2D eigenvalue weighted by Gasteiger charge is -2.34. The van der Waals surface area contributed by atoms with Gasteiger partial charge >= 0.3 is 0 Å². The van der Waals surface area contributed by atoms with E-state index in [-0.39, 0.29) is 29.3 Å². The fourth-order valence-corrected chi connectivity index (χ4v) is 6.88. The van der Waals surface area contributed by atoms with Crippen LogP contribution in [0.3, 0.4) is 0 Å². The maximum absolute atomic E-state index is 14.2. The smallest absolute Gasteiger partial charge is 0.264 e. The van der Waals surface area contributed by atoms with Crippen LogP contribution in [0.1, 0.15) is 75.5 Å². The van der Waals surface area contributed by atoms with Gasteiger partial charge in [-0.15, -0.1) is 0 Å². The van der Waals surface area contributed by atoms with E-state index in [9.17, 15) is 22.4 Å². The van der Waals surface area contributed by atoms with Crippen molar-refractivity contribution < 1.29 is 22.4 Å². The highest BCUT2D eigenvalue weighted by atomic mass is 32.2. The lowest BCUT2D eigenvalue weighted by atomic mass is 10.0. The number of carbonyl (C=O) groups is 2. The normalized spacial score (nSPS) is 14.5. The standard InChI is InChI=1S/C34H42FN3O4S/c1-5-32(34(40)36-29-8-6-7-9-29)37(22-26-12-16-28(35)17-13-26)33(39)23-38(30-18-14-27(15-19-30)24(2)3)43(41,42)31-20-10-25(4)11-21-31/h10-21,24,29,32H,5-9,22-23H2,1-4H3,(H,36,40). The number of halogens is 1. The van der Waals surface area contributed by atoms with Gasteiger partial charge in [-0.3, -0.25) is 13.9 Å². The molecule has 3 aromatic rings. The van der Waals surface area contributed by atoms with Crippen LogP contribution in [-0.4, -0.2) is 43.8 Å². The van der Waals surface area contributed by atoms with Crippen molar-refractivity contribution in [2.24, 2.45) is 0 Å².